The first-order valence-electron chi connectivity index (χ1n) is 7.10. The maximum atomic E-state index is 3.38. The molecule has 0 nitrogen and oxygen atoms in total. The van der Waals surface area contributed by atoms with Gasteiger partial charge in [-0.3, -0.25) is 12.2 Å². The van der Waals surface area contributed by atoms with Gasteiger partial charge in [-0.05, 0) is 0 Å². The van der Waals surface area contributed by atoms with Crippen molar-refractivity contribution in [3.8, 4) is 0 Å². The maximum Gasteiger partial charge on any atom is 4.00 e. The fourth-order valence-electron chi connectivity index (χ4n) is 2.57. The van der Waals surface area contributed by atoms with Crippen LogP contribution in [0.3, 0.4) is 0 Å². The summed E-state index contributed by atoms with van der Waals surface area (Å²) in [4.78, 5) is 0. The fourth-order valence-corrected chi connectivity index (χ4v) is 2.57. The summed E-state index contributed by atoms with van der Waals surface area (Å²) in [6, 6.07) is 0. The molecule has 2 atom stereocenters. The number of hydrogen-bond donors (Lipinski definition) is 0. The first kappa shape index (κ1) is 26.2. The topological polar surface area (TPSA) is 0 Å². The molecule has 21 heavy (non-hydrogen) atoms. The van der Waals surface area contributed by atoms with Crippen LogP contribution in [0.2, 0.25) is 0 Å². The molecule has 0 saturated heterocycles. The second-order valence-corrected chi connectivity index (χ2v) is 5.23. The van der Waals surface area contributed by atoms with Crippen LogP contribution in [-0.2, 0) is 21.7 Å². The van der Waals surface area contributed by atoms with Gasteiger partial charge in [0.25, 0.3) is 0 Å². The summed E-state index contributed by atoms with van der Waals surface area (Å²) >= 11 is 0. The van der Waals surface area contributed by atoms with Crippen molar-refractivity contribution < 1.29 is 46.5 Å². The molecule has 0 saturated carbocycles. The van der Waals surface area contributed by atoms with Crippen molar-refractivity contribution >= 4 is 0 Å². The van der Waals surface area contributed by atoms with Crippen LogP contribution in [0.15, 0.2) is 34.4 Å². The molecule has 2 unspecified atom stereocenters. The minimum atomic E-state index is 0. The zero-order valence-electron chi connectivity index (χ0n) is 14.0. The third kappa shape index (κ3) is 8.45. The van der Waals surface area contributed by atoms with Gasteiger partial charge in [0.2, 0.25) is 0 Å². The van der Waals surface area contributed by atoms with E-state index in [4.69, 9.17) is 0 Å². The van der Waals surface area contributed by atoms with Crippen molar-refractivity contribution in [2.45, 2.75) is 54.4 Å². The fraction of sp³-hybridized carbons (Fsp3) is 0.556. The minimum absolute atomic E-state index is 0. The predicted molar refractivity (Wildman–Crippen MR) is 79.9 cm³/mol. The van der Waals surface area contributed by atoms with Crippen molar-refractivity contribution in [2.75, 3.05) is 0 Å². The molecule has 0 heterocycles. The maximum absolute atomic E-state index is 3.38. The van der Waals surface area contributed by atoms with Crippen LogP contribution in [0.25, 0.3) is 0 Å². The third-order valence-corrected chi connectivity index (χ3v) is 3.46. The molecule has 0 aromatic heterocycles. The van der Waals surface area contributed by atoms with Crippen LogP contribution in [0, 0.1) is 24.0 Å². The van der Waals surface area contributed by atoms with E-state index in [0.717, 1.165) is 12.8 Å². The Labute approximate surface area is 158 Å². The van der Waals surface area contributed by atoms with Gasteiger partial charge in [0.15, 0.2) is 0 Å². The van der Waals surface area contributed by atoms with Crippen LogP contribution in [0.5, 0.6) is 0 Å². The van der Waals surface area contributed by atoms with E-state index >= 15 is 0 Å². The SMILES string of the molecule is CCC1=[C-]C(C)C=C1C.CCC1=[C-]C(C)C=C1C.[Cl-].[Cl-].[Ti+4]. The molecule has 2 aliphatic rings. The van der Waals surface area contributed by atoms with E-state index in [0.29, 0.717) is 11.8 Å². The van der Waals surface area contributed by atoms with Crippen molar-refractivity contribution in [2.24, 2.45) is 11.8 Å². The van der Waals surface area contributed by atoms with E-state index in [2.05, 4.69) is 65.8 Å². The van der Waals surface area contributed by atoms with E-state index in [-0.39, 0.29) is 46.5 Å². The molecule has 0 bridgehead atoms. The average Bonchev–Trinajstić information content (AvgIpc) is 2.81. The van der Waals surface area contributed by atoms with Crippen molar-refractivity contribution in [1.29, 1.82) is 0 Å². The Hall–Kier alpha value is 0.254. The van der Waals surface area contributed by atoms with Gasteiger partial charge >= 0.3 is 21.7 Å². The number of halogens is 2. The molecule has 0 amide bonds. The second-order valence-electron chi connectivity index (χ2n) is 5.23. The van der Waals surface area contributed by atoms with Crippen molar-refractivity contribution in [3.05, 3.63) is 46.6 Å². The molecule has 0 aromatic carbocycles. The number of allylic oxidation sites excluding steroid dienone is 8. The van der Waals surface area contributed by atoms with E-state index in [1.165, 1.54) is 22.3 Å². The smallest absolute Gasteiger partial charge is 1.00 e. The zero-order chi connectivity index (χ0) is 13.7. The summed E-state index contributed by atoms with van der Waals surface area (Å²) in [5, 5.41) is 0. The van der Waals surface area contributed by atoms with Gasteiger partial charge < -0.3 is 24.8 Å². The van der Waals surface area contributed by atoms with Crippen LogP contribution in [0.1, 0.15) is 54.4 Å². The van der Waals surface area contributed by atoms with Crippen molar-refractivity contribution in [3.63, 3.8) is 0 Å². The largest absolute Gasteiger partial charge is 4.00 e. The molecule has 0 radical (unpaired) electrons. The number of hydrogen-bond acceptors (Lipinski definition) is 0. The second kappa shape index (κ2) is 12.8. The Kier molecular flexibility index (Phi) is 15.9. The Morgan fingerprint density at radius 2 is 1.10 bits per heavy atom. The third-order valence-electron chi connectivity index (χ3n) is 3.46. The normalized spacial score (nSPS) is 22.2. The molecule has 0 N–H and O–H groups in total. The minimum Gasteiger partial charge on any atom is -1.00 e. The Bertz CT molecular complexity index is 377. The summed E-state index contributed by atoms with van der Waals surface area (Å²) < 4.78 is 0. The molecule has 3 heteroatoms. The van der Waals surface area contributed by atoms with Crippen LogP contribution >= 0.6 is 0 Å². The van der Waals surface area contributed by atoms with E-state index < -0.39 is 0 Å². The van der Waals surface area contributed by atoms with Gasteiger partial charge in [-0.25, -0.2) is 22.3 Å². The molecule has 0 aliphatic heterocycles. The summed E-state index contributed by atoms with van der Waals surface area (Å²) in [7, 11) is 0. The van der Waals surface area contributed by atoms with Gasteiger partial charge in [-0.2, -0.15) is 12.2 Å². The van der Waals surface area contributed by atoms with Gasteiger partial charge in [0.05, 0.1) is 0 Å². The molecular weight excluding hydrogens is 335 g/mol. The van der Waals surface area contributed by atoms with E-state index in [9.17, 15) is 0 Å². The molecule has 0 spiro atoms. The average molecular weight is 361 g/mol. The summed E-state index contributed by atoms with van der Waals surface area (Å²) in [5.41, 5.74) is 5.65. The van der Waals surface area contributed by atoms with Crippen LogP contribution in [-0.4, -0.2) is 0 Å². The van der Waals surface area contributed by atoms with Gasteiger partial charge in [0.1, 0.15) is 0 Å². The Morgan fingerprint density at radius 1 is 0.810 bits per heavy atom. The van der Waals surface area contributed by atoms with Crippen LogP contribution < -0.4 is 24.8 Å². The molecule has 2 rings (SSSR count). The quantitative estimate of drug-likeness (QED) is 0.458. The first-order valence-corrected chi connectivity index (χ1v) is 7.10. The zero-order valence-corrected chi connectivity index (χ0v) is 17.1. The van der Waals surface area contributed by atoms with E-state index in [1.807, 2.05) is 0 Å². The van der Waals surface area contributed by atoms with E-state index in [1.54, 1.807) is 0 Å². The van der Waals surface area contributed by atoms with Gasteiger partial charge in [0, 0.05) is 0 Å². The standard InChI is InChI=1S/2C9H13.2ClH.Ti/c2*1-4-9-6-7(2)5-8(9)3;;;/h2*5,7H,4H2,1-3H3;2*1H;/q2*-1;;;+4/p-2. The summed E-state index contributed by atoms with van der Waals surface area (Å²) in [6.07, 6.45) is 13.5. The summed E-state index contributed by atoms with van der Waals surface area (Å²) in [6.45, 7) is 13.0. The Balaban J connectivity index is -0.000000270. The predicted octanol–water partition coefficient (Wildman–Crippen LogP) is -0.551. The Morgan fingerprint density at radius 3 is 1.19 bits per heavy atom. The van der Waals surface area contributed by atoms with Gasteiger partial charge in [-0.15, -0.1) is 13.8 Å². The van der Waals surface area contributed by atoms with Crippen molar-refractivity contribution in [1.82, 2.24) is 0 Å². The number of rotatable bonds is 2. The molecule has 116 valence electrons. The molecule has 0 aromatic rings. The first-order chi connectivity index (χ1) is 8.47. The molecule has 2 aliphatic carbocycles. The van der Waals surface area contributed by atoms with Gasteiger partial charge in [-0.1, -0.05) is 52.4 Å². The molecular formula is C18H26Cl2Ti. The monoisotopic (exact) mass is 360 g/mol. The molecule has 0 fully saturated rings. The van der Waals surface area contributed by atoms with Crippen LogP contribution in [0.4, 0.5) is 0 Å². The summed E-state index contributed by atoms with van der Waals surface area (Å²) in [5.74, 6) is 1.11.